The fourth-order valence-corrected chi connectivity index (χ4v) is 10.3. The maximum absolute atomic E-state index is 12.0. The van der Waals surface area contributed by atoms with Crippen LogP contribution < -0.4 is 0 Å². The zero-order chi connectivity index (χ0) is 42.9. The number of H-pyrrole nitrogens is 2. The van der Waals surface area contributed by atoms with Gasteiger partial charge in [-0.3, -0.25) is 4.57 Å². The number of rotatable bonds is 6. The quantitative estimate of drug-likeness (QED) is 0.125. The zero-order valence-electron chi connectivity index (χ0n) is 35.8. The minimum Gasteiger partial charge on any atom is -0.354 e. The van der Waals surface area contributed by atoms with Gasteiger partial charge in [-0.15, -0.1) is 0 Å². The van der Waals surface area contributed by atoms with Gasteiger partial charge in [0.15, 0.2) is 0 Å². The third-order valence-corrected chi connectivity index (χ3v) is 12.7. The largest absolute Gasteiger partial charge is 0.354 e. The number of hydrogen-bond acceptors (Lipinski definition) is 3. The lowest BCUT2D eigenvalue weighted by Crippen LogP contribution is -1.95. The van der Waals surface area contributed by atoms with Crippen molar-refractivity contribution in [1.82, 2.24) is 19.9 Å². The molecule has 304 valence electrons. The second-order valence-electron chi connectivity index (χ2n) is 16.9. The van der Waals surface area contributed by atoms with Gasteiger partial charge < -0.3 is 19.8 Å². The number of nitrogens with zero attached hydrogens (tertiary/aromatic N) is 2. The van der Waals surface area contributed by atoms with Gasteiger partial charge in [0.05, 0.1) is 28.9 Å². The first kappa shape index (κ1) is 40.1. The smallest absolute Gasteiger partial charge is 0.329 e. The molecule has 0 aliphatic carbocycles. The summed E-state index contributed by atoms with van der Waals surface area (Å²) in [5, 5.41) is 0. The molecule has 4 aromatic carbocycles. The summed E-state index contributed by atoms with van der Waals surface area (Å²) in [5.41, 5.74) is 25.1. The molecule has 3 aromatic heterocycles. The molecule has 0 fully saturated rings. The van der Waals surface area contributed by atoms with E-state index in [4.69, 9.17) is 9.97 Å². The lowest BCUT2D eigenvalue weighted by molar-refractivity contribution is 0.371. The average Bonchev–Trinajstić information content (AvgIpc) is 4.02. The Morgan fingerprint density at radius 2 is 0.836 bits per heavy atom. The topological polar surface area (TPSA) is 115 Å². The van der Waals surface area contributed by atoms with E-state index in [9.17, 15) is 14.4 Å². The highest BCUT2D eigenvalue weighted by atomic mass is 31.2. The molecule has 0 atom stereocenters. The monoisotopic (exact) mass is 820 g/mol. The number of aryl methyl sites for hydroxylation is 8. The van der Waals surface area contributed by atoms with Crippen LogP contribution in [0.1, 0.15) is 72.8 Å². The van der Waals surface area contributed by atoms with Gasteiger partial charge in [0.1, 0.15) is 0 Å². The van der Waals surface area contributed by atoms with Crippen LogP contribution in [0.5, 0.6) is 0 Å². The van der Waals surface area contributed by atoms with Crippen LogP contribution in [-0.4, -0.2) is 29.7 Å². The van der Waals surface area contributed by atoms with E-state index in [1.165, 1.54) is 27.8 Å². The van der Waals surface area contributed by atoms with Crippen LogP contribution in [0, 0.1) is 55.4 Å². The van der Waals surface area contributed by atoms with E-state index in [0.717, 1.165) is 106 Å². The molecule has 2 aliphatic rings. The first-order chi connectivity index (χ1) is 29.1. The van der Waals surface area contributed by atoms with E-state index >= 15 is 0 Å². The zero-order valence-corrected chi connectivity index (χ0v) is 36.7. The lowest BCUT2D eigenvalue weighted by atomic mass is 9.92. The summed E-state index contributed by atoms with van der Waals surface area (Å²) < 4.78 is 12.0. The van der Waals surface area contributed by atoms with E-state index in [1.54, 1.807) is 12.1 Å². The second-order valence-corrected chi connectivity index (χ2v) is 18.5. The van der Waals surface area contributed by atoms with Gasteiger partial charge in [0, 0.05) is 44.3 Å². The van der Waals surface area contributed by atoms with Crippen LogP contribution in [0.2, 0.25) is 0 Å². The number of benzene rings is 4. The van der Waals surface area contributed by atoms with Crippen LogP contribution in [0.4, 0.5) is 0 Å². The Kier molecular flexibility index (Phi) is 10.0. The van der Waals surface area contributed by atoms with Crippen LogP contribution in [0.25, 0.3) is 90.9 Å². The van der Waals surface area contributed by atoms with Crippen molar-refractivity contribution < 1.29 is 14.4 Å². The molecule has 0 spiro atoms. The van der Waals surface area contributed by atoms with Crippen LogP contribution in [0.15, 0.2) is 91.0 Å². The Hall–Kier alpha value is -6.37. The molecule has 0 saturated carbocycles. The third-order valence-electron chi connectivity index (χ3n) is 11.9. The lowest BCUT2D eigenvalue weighted by Gasteiger charge is -2.14. The summed E-state index contributed by atoms with van der Waals surface area (Å²) in [5.74, 6) is 0. The van der Waals surface area contributed by atoms with Gasteiger partial charge in [-0.2, -0.15) is 0 Å². The minimum atomic E-state index is -4.25. The van der Waals surface area contributed by atoms with Gasteiger partial charge in [-0.1, -0.05) is 83.4 Å². The molecular formula is C53H49N4O3P. The number of aromatic amines is 2. The Morgan fingerprint density at radius 1 is 0.443 bits per heavy atom. The molecule has 7 aromatic rings. The summed E-state index contributed by atoms with van der Waals surface area (Å²) in [6.45, 7) is 17.3. The summed E-state index contributed by atoms with van der Waals surface area (Å²) in [7, 11) is -4.25. The molecule has 8 bridgehead atoms. The number of aromatic nitrogens is 4. The van der Waals surface area contributed by atoms with Crippen molar-refractivity contribution in [2.24, 2.45) is 0 Å². The van der Waals surface area contributed by atoms with Crippen LogP contribution in [-0.2, 0) is 10.7 Å². The van der Waals surface area contributed by atoms with Crippen LogP contribution >= 0.6 is 7.60 Å². The van der Waals surface area contributed by atoms with Crippen molar-refractivity contribution in [3.8, 4) is 44.5 Å². The number of fused-ring (bicyclic) bond motifs is 8. The standard InChI is InChI=1S/C53H49N4O3P/c1-29-9-14-39(32(4)23-29)51-42-17-15-40(54-42)50(38-12-10-37(11-13-38)28-61(58,59)60)41-16-19-44(55-41)52(48-33(5)24-30(2)25-34(48)6)46-21-22-47(57-46)53(45-20-18-43(51)56-45)49-35(7)26-31(3)27-36(49)8/h9-27,55-56H,28H2,1-8H3,(H2,58,59,60). The predicted molar refractivity (Wildman–Crippen MR) is 254 cm³/mol. The molecule has 0 amide bonds. The Bertz CT molecular complexity index is 3200. The molecule has 7 nitrogen and oxygen atoms in total. The molecule has 0 radical (unpaired) electrons. The van der Waals surface area contributed by atoms with Gasteiger partial charge in [0.2, 0.25) is 0 Å². The third kappa shape index (κ3) is 7.55. The summed E-state index contributed by atoms with van der Waals surface area (Å²) >= 11 is 0. The van der Waals surface area contributed by atoms with E-state index in [-0.39, 0.29) is 6.16 Å². The number of nitrogens with one attached hydrogen (secondary N) is 2. The highest BCUT2D eigenvalue weighted by molar-refractivity contribution is 7.50. The normalized spacial score (nSPS) is 12.4. The molecule has 8 heteroatoms. The highest BCUT2D eigenvalue weighted by Crippen LogP contribution is 2.43. The second kappa shape index (κ2) is 15.3. The van der Waals surface area contributed by atoms with Crippen molar-refractivity contribution in [2.45, 2.75) is 61.6 Å². The molecule has 5 heterocycles. The number of hydrogen-bond donors (Lipinski definition) is 4. The van der Waals surface area contributed by atoms with E-state index < -0.39 is 7.60 Å². The fourth-order valence-electron chi connectivity index (χ4n) is 9.58. The van der Waals surface area contributed by atoms with E-state index in [2.05, 4.69) is 156 Å². The molecular weight excluding hydrogens is 772 g/mol. The van der Waals surface area contributed by atoms with Gasteiger partial charge in [-0.05, 0) is 160 Å². The van der Waals surface area contributed by atoms with Gasteiger partial charge in [0.25, 0.3) is 0 Å². The Morgan fingerprint density at radius 3 is 1.28 bits per heavy atom. The average molecular weight is 821 g/mol. The van der Waals surface area contributed by atoms with Crippen molar-refractivity contribution in [3.63, 3.8) is 0 Å². The summed E-state index contributed by atoms with van der Waals surface area (Å²) in [6, 6.07) is 31.5. The molecule has 9 rings (SSSR count). The first-order valence-electron chi connectivity index (χ1n) is 20.7. The molecule has 61 heavy (non-hydrogen) atoms. The highest BCUT2D eigenvalue weighted by Gasteiger charge is 2.22. The van der Waals surface area contributed by atoms with Gasteiger partial charge >= 0.3 is 7.60 Å². The van der Waals surface area contributed by atoms with Crippen LogP contribution in [0.3, 0.4) is 0 Å². The minimum absolute atomic E-state index is 0.329. The SMILES string of the molecule is Cc1ccc(-c2c3nc(c(-c4ccc(CP(=O)(O)O)cc4)c4ccc([nH]4)c(-c4c(C)cc(C)cc4C)c4nc(c(-c5c(C)cc(C)cc5C)c5ccc2[nH]5)C=C4)C=C3)c(C)c1. The molecule has 0 unspecified atom stereocenters. The maximum Gasteiger partial charge on any atom is 0.329 e. The first-order valence-corrected chi connectivity index (χ1v) is 22.5. The Labute approximate surface area is 356 Å². The predicted octanol–water partition coefficient (Wildman–Crippen LogP) is 13.5. The molecule has 0 saturated heterocycles. The van der Waals surface area contributed by atoms with E-state index in [1.807, 2.05) is 12.1 Å². The van der Waals surface area contributed by atoms with E-state index in [0.29, 0.717) is 5.56 Å². The van der Waals surface area contributed by atoms with Crippen molar-refractivity contribution in [1.29, 1.82) is 0 Å². The summed E-state index contributed by atoms with van der Waals surface area (Å²) in [4.78, 5) is 38.2. The van der Waals surface area contributed by atoms with Crippen molar-refractivity contribution >= 4 is 54.0 Å². The Balaban J connectivity index is 1.48. The molecule has 2 aliphatic heterocycles. The maximum atomic E-state index is 12.0. The fraction of sp³-hybridized carbons (Fsp3) is 0.170. The van der Waals surface area contributed by atoms with Crippen molar-refractivity contribution in [2.75, 3.05) is 0 Å². The van der Waals surface area contributed by atoms with Crippen molar-refractivity contribution in [3.05, 3.63) is 164 Å². The summed E-state index contributed by atoms with van der Waals surface area (Å²) in [6.07, 6.45) is 8.13. The van der Waals surface area contributed by atoms with Gasteiger partial charge in [-0.25, -0.2) is 9.97 Å². The molecule has 4 N–H and O–H groups in total.